The highest BCUT2D eigenvalue weighted by Crippen LogP contribution is 2.57. The first-order chi connectivity index (χ1) is 15.8. The molecule has 1 saturated heterocycles. The maximum Gasteiger partial charge on any atom is 0.312 e. The van der Waals surface area contributed by atoms with Crippen molar-refractivity contribution in [2.24, 2.45) is 11.8 Å². The normalized spacial score (nSPS) is 27.3. The first-order valence-corrected chi connectivity index (χ1v) is 10.7. The molecular weight excluding hydrogens is 431 g/mol. The van der Waals surface area contributed by atoms with Gasteiger partial charge in [0.15, 0.2) is 0 Å². The van der Waals surface area contributed by atoms with Crippen molar-refractivity contribution in [3.63, 3.8) is 0 Å². The van der Waals surface area contributed by atoms with Gasteiger partial charge in [-0.2, -0.15) is 0 Å². The van der Waals surface area contributed by atoms with Crippen LogP contribution in [0.4, 0.5) is 10.1 Å². The minimum Gasteiger partial charge on any atom is -0.497 e. The predicted octanol–water partition coefficient (Wildman–Crippen LogP) is 2.93. The maximum absolute atomic E-state index is 13.9. The van der Waals surface area contributed by atoms with Crippen LogP contribution in [0.25, 0.3) is 0 Å². The van der Waals surface area contributed by atoms with Gasteiger partial charge in [0.05, 0.1) is 43.5 Å². The van der Waals surface area contributed by atoms with Gasteiger partial charge in [0.25, 0.3) is 11.8 Å². The number of hydrogen-bond acceptors (Lipinski definition) is 6. The van der Waals surface area contributed by atoms with Crippen LogP contribution < -0.4 is 14.8 Å². The fraction of sp³-hybridized carbons (Fsp3) is 0.375. The van der Waals surface area contributed by atoms with E-state index in [0.717, 1.165) is 6.07 Å². The van der Waals surface area contributed by atoms with Gasteiger partial charge in [0, 0.05) is 11.5 Å². The lowest BCUT2D eigenvalue weighted by Gasteiger charge is -2.38. The smallest absolute Gasteiger partial charge is 0.312 e. The van der Waals surface area contributed by atoms with E-state index in [1.54, 1.807) is 32.0 Å². The van der Waals surface area contributed by atoms with Crippen molar-refractivity contribution in [1.82, 2.24) is 4.90 Å². The Balaban J connectivity index is 1.76. The lowest BCUT2D eigenvalue weighted by molar-refractivity contribution is -0.155. The fourth-order valence-electron chi connectivity index (χ4n) is 5.40. The number of carbonyl (C=O) groups is 3. The highest BCUT2D eigenvalue weighted by molar-refractivity contribution is 6.13. The minimum absolute atomic E-state index is 0.0673. The zero-order valence-corrected chi connectivity index (χ0v) is 18.4. The lowest BCUT2D eigenvalue weighted by Crippen LogP contribution is -2.57. The highest BCUT2D eigenvalue weighted by Gasteiger charge is 2.67. The highest BCUT2D eigenvalue weighted by atomic mass is 19.1. The number of rotatable bonds is 3. The molecule has 3 aliphatic rings. The number of halogens is 1. The monoisotopic (exact) mass is 454 g/mol. The SMILES string of the molecule is CCOC(=O)C1C2COc3ccc(OC)cc3C2N2C(=O)c3ccc(F)cc3NC(=O)[C@@]12C. The van der Waals surface area contributed by atoms with Gasteiger partial charge in [-0.3, -0.25) is 14.4 Å². The van der Waals surface area contributed by atoms with Crippen LogP contribution in [-0.2, 0) is 14.3 Å². The Kier molecular flexibility index (Phi) is 4.81. The number of nitrogens with one attached hydrogen (secondary N) is 1. The average Bonchev–Trinajstić information content (AvgIpc) is 3.04. The molecular formula is C24H23FN2O6. The van der Waals surface area contributed by atoms with E-state index in [4.69, 9.17) is 14.2 Å². The zero-order valence-electron chi connectivity index (χ0n) is 18.4. The molecule has 0 aromatic heterocycles. The molecule has 1 fully saturated rings. The average molecular weight is 454 g/mol. The van der Waals surface area contributed by atoms with Crippen LogP contribution in [-0.4, -0.2) is 48.5 Å². The molecule has 0 saturated carbocycles. The predicted molar refractivity (Wildman–Crippen MR) is 114 cm³/mol. The van der Waals surface area contributed by atoms with E-state index in [1.165, 1.54) is 24.1 Å². The molecule has 3 unspecified atom stereocenters. The number of amides is 2. The number of ether oxygens (including phenoxy) is 3. The van der Waals surface area contributed by atoms with E-state index >= 15 is 0 Å². The fourth-order valence-corrected chi connectivity index (χ4v) is 5.40. The van der Waals surface area contributed by atoms with Crippen LogP contribution in [0.2, 0.25) is 0 Å². The van der Waals surface area contributed by atoms with Crippen LogP contribution in [0, 0.1) is 17.7 Å². The van der Waals surface area contributed by atoms with Gasteiger partial charge in [0.1, 0.15) is 22.9 Å². The van der Waals surface area contributed by atoms with Crippen molar-refractivity contribution in [1.29, 1.82) is 0 Å². The third-order valence-corrected chi connectivity index (χ3v) is 6.86. The quantitative estimate of drug-likeness (QED) is 0.717. The number of hydrogen-bond donors (Lipinski definition) is 1. The number of esters is 1. The summed E-state index contributed by atoms with van der Waals surface area (Å²) in [6.07, 6.45) is 0. The van der Waals surface area contributed by atoms with E-state index in [-0.39, 0.29) is 24.5 Å². The molecule has 3 aliphatic heterocycles. The summed E-state index contributed by atoms with van der Waals surface area (Å²) in [6.45, 7) is 3.48. The van der Waals surface area contributed by atoms with Gasteiger partial charge in [-0.25, -0.2) is 4.39 Å². The van der Waals surface area contributed by atoms with Gasteiger partial charge < -0.3 is 24.4 Å². The molecule has 4 atom stereocenters. The van der Waals surface area contributed by atoms with E-state index in [2.05, 4.69) is 5.32 Å². The van der Waals surface area contributed by atoms with Crippen LogP contribution in [0.1, 0.15) is 35.8 Å². The molecule has 3 heterocycles. The Morgan fingerprint density at radius 2 is 2.06 bits per heavy atom. The van der Waals surface area contributed by atoms with Gasteiger partial charge in [-0.05, 0) is 50.2 Å². The number of nitrogens with zero attached hydrogens (tertiary/aromatic N) is 1. The summed E-state index contributed by atoms with van der Waals surface area (Å²) in [6, 6.07) is 8.20. The first-order valence-electron chi connectivity index (χ1n) is 10.7. The summed E-state index contributed by atoms with van der Waals surface area (Å²) in [7, 11) is 1.53. The number of carbonyl (C=O) groups excluding carboxylic acids is 3. The van der Waals surface area contributed by atoms with Gasteiger partial charge in [-0.15, -0.1) is 0 Å². The molecule has 2 aromatic carbocycles. The van der Waals surface area contributed by atoms with Gasteiger partial charge in [0.2, 0.25) is 0 Å². The van der Waals surface area contributed by atoms with Crippen molar-refractivity contribution in [3.05, 3.63) is 53.3 Å². The second-order valence-corrected chi connectivity index (χ2v) is 8.52. The third-order valence-electron chi connectivity index (χ3n) is 6.86. The van der Waals surface area contributed by atoms with Crippen molar-refractivity contribution >= 4 is 23.5 Å². The summed E-state index contributed by atoms with van der Waals surface area (Å²) < 4.78 is 30.6. The number of benzene rings is 2. The molecule has 0 bridgehead atoms. The summed E-state index contributed by atoms with van der Waals surface area (Å²) in [5, 5.41) is 2.67. The van der Waals surface area contributed by atoms with E-state index in [1.807, 2.05) is 0 Å². The largest absolute Gasteiger partial charge is 0.497 e. The van der Waals surface area contributed by atoms with Gasteiger partial charge in [-0.1, -0.05) is 0 Å². The third kappa shape index (κ3) is 2.91. The van der Waals surface area contributed by atoms with Crippen LogP contribution in [0.3, 0.4) is 0 Å². The minimum atomic E-state index is -1.60. The van der Waals surface area contributed by atoms with Crippen LogP contribution in [0.5, 0.6) is 11.5 Å². The molecule has 2 aromatic rings. The molecule has 172 valence electrons. The summed E-state index contributed by atoms with van der Waals surface area (Å²) in [5.74, 6) is -2.69. The van der Waals surface area contributed by atoms with Crippen molar-refractivity contribution in [2.75, 3.05) is 25.6 Å². The van der Waals surface area contributed by atoms with E-state index < -0.39 is 47.0 Å². The molecule has 8 nitrogen and oxygen atoms in total. The molecule has 1 N–H and O–H groups in total. The van der Waals surface area contributed by atoms with E-state index in [0.29, 0.717) is 17.1 Å². The van der Waals surface area contributed by atoms with E-state index in [9.17, 15) is 18.8 Å². The Hall–Kier alpha value is -3.62. The maximum atomic E-state index is 13.9. The molecule has 0 spiro atoms. The first kappa shape index (κ1) is 21.2. The topological polar surface area (TPSA) is 94.2 Å². The molecule has 9 heteroatoms. The Morgan fingerprint density at radius 3 is 2.79 bits per heavy atom. The standard InChI is InChI=1S/C24H23FN2O6/c1-4-32-22(29)19-16-11-33-18-8-6-13(31-3)10-15(18)20(16)27-21(28)14-7-5-12(25)9-17(14)26-23(30)24(19,27)2/h5-10,16,19-20H,4,11H2,1-3H3,(H,26,30)/t16?,19?,20?,24-/m1/s1. The summed E-state index contributed by atoms with van der Waals surface area (Å²) >= 11 is 0. The Labute approximate surface area is 189 Å². The van der Waals surface area contributed by atoms with Crippen molar-refractivity contribution < 1.29 is 33.0 Å². The molecule has 0 radical (unpaired) electrons. The second kappa shape index (κ2) is 7.47. The zero-order chi connectivity index (χ0) is 23.5. The van der Waals surface area contributed by atoms with Crippen molar-refractivity contribution in [3.8, 4) is 11.5 Å². The molecule has 0 aliphatic carbocycles. The molecule has 2 amide bonds. The molecule has 33 heavy (non-hydrogen) atoms. The summed E-state index contributed by atoms with van der Waals surface area (Å²) in [5.41, 5.74) is -0.747. The Morgan fingerprint density at radius 1 is 1.27 bits per heavy atom. The van der Waals surface area contributed by atoms with Crippen LogP contribution in [0.15, 0.2) is 36.4 Å². The number of fused-ring (bicyclic) bond motifs is 6. The van der Waals surface area contributed by atoms with Gasteiger partial charge >= 0.3 is 5.97 Å². The van der Waals surface area contributed by atoms with Crippen LogP contribution >= 0.6 is 0 Å². The van der Waals surface area contributed by atoms with Crippen molar-refractivity contribution in [2.45, 2.75) is 25.4 Å². The summed E-state index contributed by atoms with van der Waals surface area (Å²) in [4.78, 5) is 42.2. The number of anilines is 1. The number of methoxy groups -OCH3 is 1. The molecule has 5 rings (SSSR count). The Bertz CT molecular complexity index is 1180. The second-order valence-electron chi connectivity index (χ2n) is 8.52. The lowest BCUT2D eigenvalue weighted by atomic mass is 9.77.